The number of carbonyl (C=O) groups is 2. The van der Waals surface area contributed by atoms with E-state index >= 15 is 0 Å². The third kappa shape index (κ3) is 4.66. The first-order chi connectivity index (χ1) is 10.5. The fourth-order valence-corrected chi connectivity index (χ4v) is 1.73. The summed E-state index contributed by atoms with van der Waals surface area (Å²) in [6, 6.07) is 11.5. The molecular formula is C16H13F2NO3. The average molecular weight is 305 g/mol. The van der Waals surface area contributed by atoms with E-state index in [9.17, 15) is 18.4 Å². The van der Waals surface area contributed by atoms with Crippen molar-refractivity contribution in [1.82, 2.24) is 5.32 Å². The van der Waals surface area contributed by atoms with Crippen LogP contribution in [-0.2, 0) is 16.1 Å². The summed E-state index contributed by atoms with van der Waals surface area (Å²) in [4.78, 5) is 23.2. The van der Waals surface area contributed by atoms with Crippen LogP contribution in [0.5, 0.6) is 0 Å². The Bertz CT molecular complexity index is 654. The van der Waals surface area contributed by atoms with Gasteiger partial charge in [0.05, 0.1) is 0 Å². The molecule has 0 saturated heterocycles. The van der Waals surface area contributed by atoms with E-state index in [2.05, 4.69) is 5.32 Å². The molecule has 0 fully saturated rings. The van der Waals surface area contributed by atoms with Gasteiger partial charge in [-0.1, -0.05) is 30.3 Å². The van der Waals surface area contributed by atoms with E-state index in [-0.39, 0.29) is 18.7 Å². The molecule has 2 aromatic rings. The summed E-state index contributed by atoms with van der Waals surface area (Å²) in [6.45, 7) is -0.298. The van der Waals surface area contributed by atoms with Crippen molar-refractivity contribution in [3.63, 3.8) is 0 Å². The smallest absolute Gasteiger partial charge is 0.325 e. The highest BCUT2D eigenvalue weighted by Crippen LogP contribution is 2.07. The van der Waals surface area contributed by atoms with Crippen molar-refractivity contribution in [2.75, 3.05) is 6.54 Å². The predicted octanol–water partition coefficient (Wildman–Crippen LogP) is 2.44. The van der Waals surface area contributed by atoms with E-state index in [4.69, 9.17) is 4.74 Å². The number of amides is 1. The second-order valence-electron chi connectivity index (χ2n) is 4.49. The summed E-state index contributed by atoms with van der Waals surface area (Å²) >= 11 is 0. The maximum atomic E-state index is 13.0. The van der Waals surface area contributed by atoms with Gasteiger partial charge in [-0.05, 0) is 17.7 Å². The van der Waals surface area contributed by atoms with Crippen LogP contribution in [0.2, 0.25) is 0 Å². The van der Waals surface area contributed by atoms with E-state index in [0.29, 0.717) is 6.07 Å². The Morgan fingerprint density at radius 1 is 1.00 bits per heavy atom. The van der Waals surface area contributed by atoms with Crippen molar-refractivity contribution in [3.8, 4) is 0 Å². The van der Waals surface area contributed by atoms with Crippen LogP contribution in [0.1, 0.15) is 15.9 Å². The van der Waals surface area contributed by atoms with Crippen molar-refractivity contribution >= 4 is 11.9 Å². The molecule has 0 aliphatic carbocycles. The molecule has 114 valence electrons. The molecule has 0 heterocycles. The zero-order chi connectivity index (χ0) is 15.9. The third-order valence-electron chi connectivity index (χ3n) is 2.76. The van der Waals surface area contributed by atoms with E-state index in [1.165, 1.54) is 0 Å². The lowest BCUT2D eigenvalue weighted by atomic mass is 10.2. The minimum Gasteiger partial charge on any atom is -0.460 e. The molecule has 1 N–H and O–H groups in total. The number of carbonyl (C=O) groups excluding carboxylic acids is 2. The van der Waals surface area contributed by atoms with Crippen LogP contribution in [-0.4, -0.2) is 18.4 Å². The monoisotopic (exact) mass is 305 g/mol. The molecule has 1 amide bonds. The maximum Gasteiger partial charge on any atom is 0.325 e. The number of hydrogen-bond donors (Lipinski definition) is 1. The number of halogens is 2. The average Bonchev–Trinajstić information content (AvgIpc) is 2.50. The zero-order valence-corrected chi connectivity index (χ0v) is 11.5. The molecule has 2 rings (SSSR count). The van der Waals surface area contributed by atoms with Gasteiger partial charge >= 0.3 is 5.97 Å². The highest BCUT2D eigenvalue weighted by molar-refractivity contribution is 5.95. The molecule has 0 saturated carbocycles. The van der Waals surface area contributed by atoms with Gasteiger partial charge < -0.3 is 10.1 Å². The molecule has 0 aromatic heterocycles. The topological polar surface area (TPSA) is 55.4 Å². The fourth-order valence-electron chi connectivity index (χ4n) is 1.73. The molecule has 2 aromatic carbocycles. The predicted molar refractivity (Wildman–Crippen MR) is 74.9 cm³/mol. The Labute approximate surface area is 125 Å². The molecule has 22 heavy (non-hydrogen) atoms. The van der Waals surface area contributed by atoms with Gasteiger partial charge in [0.25, 0.3) is 5.91 Å². The summed E-state index contributed by atoms with van der Waals surface area (Å²) in [5, 5.41) is 2.24. The second-order valence-corrected chi connectivity index (χ2v) is 4.49. The SMILES string of the molecule is O=C(CNC(=O)c1cc(F)cc(F)c1)OCc1ccccc1. The summed E-state index contributed by atoms with van der Waals surface area (Å²) in [5.74, 6) is -3.13. The second kappa shape index (κ2) is 7.31. The van der Waals surface area contributed by atoms with Crippen molar-refractivity contribution < 1.29 is 23.1 Å². The number of nitrogens with one attached hydrogen (secondary N) is 1. The van der Waals surface area contributed by atoms with Gasteiger partial charge in [-0.25, -0.2) is 8.78 Å². The lowest BCUT2D eigenvalue weighted by Gasteiger charge is -2.07. The fraction of sp³-hybridized carbons (Fsp3) is 0.125. The Kier molecular flexibility index (Phi) is 5.19. The zero-order valence-electron chi connectivity index (χ0n) is 11.5. The summed E-state index contributed by atoms with van der Waals surface area (Å²) in [7, 11) is 0. The lowest BCUT2D eigenvalue weighted by molar-refractivity contribution is -0.143. The normalized spacial score (nSPS) is 10.1. The summed E-state index contributed by atoms with van der Waals surface area (Å²) < 4.78 is 30.9. The number of ether oxygens (including phenoxy) is 1. The van der Waals surface area contributed by atoms with Crippen LogP contribution in [0.3, 0.4) is 0 Å². The van der Waals surface area contributed by atoms with Crippen LogP contribution in [0.15, 0.2) is 48.5 Å². The molecule has 0 aliphatic heterocycles. The molecule has 0 bridgehead atoms. The summed E-state index contributed by atoms with van der Waals surface area (Å²) in [5.41, 5.74) is 0.614. The van der Waals surface area contributed by atoms with Crippen LogP contribution in [0, 0.1) is 11.6 Å². The van der Waals surface area contributed by atoms with E-state index in [0.717, 1.165) is 17.7 Å². The molecule has 0 spiro atoms. The highest BCUT2D eigenvalue weighted by atomic mass is 19.1. The Hall–Kier alpha value is -2.76. The van der Waals surface area contributed by atoms with Gasteiger partial charge in [0.1, 0.15) is 24.8 Å². The van der Waals surface area contributed by atoms with Gasteiger partial charge in [-0.2, -0.15) is 0 Å². The quantitative estimate of drug-likeness (QED) is 0.863. The van der Waals surface area contributed by atoms with Crippen LogP contribution >= 0.6 is 0 Å². The minimum atomic E-state index is -0.864. The first kappa shape index (κ1) is 15.6. The van der Waals surface area contributed by atoms with Crippen molar-refractivity contribution in [2.24, 2.45) is 0 Å². The molecule has 0 radical (unpaired) electrons. The van der Waals surface area contributed by atoms with Crippen molar-refractivity contribution in [3.05, 3.63) is 71.3 Å². The standard InChI is InChI=1S/C16H13F2NO3/c17-13-6-12(7-14(18)8-13)16(21)19-9-15(20)22-10-11-4-2-1-3-5-11/h1-8H,9-10H2,(H,19,21). The van der Waals surface area contributed by atoms with Crippen LogP contribution in [0.4, 0.5) is 8.78 Å². The molecular weight excluding hydrogens is 292 g/mol. The minimum absolute atomic E-state index is 0.0874. The maximum absolute atomic E-state index is 13.0. The number of benzene rings is 2. The van der Waals surface area contributed by atoms with Crippen molar-refractivity contribution in [1.29, 1.82) is 0 Å². The first-order valence-electron chi connectivity index (χ1n) is 6.48. The largest absolute Gasteiger partial charge is 0.460 e. The Balaban J connectivity index is 1.81. The van der Waals surface area contributed by atoms with Crippen LogP contribution < -0.4 is 5.32 Å². The Morgan fingerprint density at radius 3 is 2.27 bits per heavy atom. The first-order valence-corrected chi connectivity index (χ1v) is 6.48. The van der Waals surface area contributed by atoms with Gasteiger partial charge in [0.15, 0.2) is 0 Å². The molecule has 0 atom stereocenters. The number of esters is 1. The highest BCUT2D eigenvalue weighted by Gasteiger charge is 2.11. The summed E-state index contributed by atoms with van der Waals surface area (Å²) in [6.07, 6.45) is 0. The third-order valence-corrected chi connectivity index (χ3v) is 2.76. The van der Waals surface area contributed by atoms with Gasteiger partial charge in [0, 0.05) is 11.6 Å². The van der Waals surface area contributed by atoms with E-state index < -0.39 is 23.5 Å². The molecule has 6 heteroatoms. The van der Waals surface area contributed by atoms with Gasteiger partial charge in [0.2, 0.25) is 0 Å². The Morgan fingerprint density at radius 2 is 1.64 bits per heavy atom. The molecule has 0 aliphatic rings. The van der Waals surface area contributed by atoms with Crippen LogP contribution in [0.25, 0.3) is 0 Å². The number of rotatable bonds is 5. The lowest BCUT2D eigenvalue weighted by Crippen LogP contribution is -2.30. The number of hydrogen-bond acceptors (Lipinski definition) is 3. The van der Waals surface area contributed by atoms with Gasteiger partial charge in [-0.3, -0.25) is 9.59 Å². The molecule has 0 unspecified atom stereocenters. The molecule has 4 nitrogen and oxygen atoms in total. The van der Waals surface area contributed by atoms with E-state index in [1.54, 1.807) is 12.1 Å². The van der Waals surface area contributed by atoms with Gasteiger partial charge in [-0.15, -0.1) is 0 Å². The van der Waals surface area contributed by atoms with Crippen molar-refractivity contribution in [2.45, 2.75) is 6.61 Å². The van der Waals surface area contributed by atoms with E-state index in [1.807, 2.05) is 18.2 Å².